The Kier molecular flexibility index (Phi) is 5.90. The van der Waals surface area contributed by atoms with Crippen LogP contribution in [0.5, 0.6) is 0 Å². The van der Waals surface area contributed by atoms with E-state index in [9.17, 15) is 4.79 Å². The van der Waals surface area contributed by atoms with Gasteiger partial charge in [-0.05, 0) is 32.0 Å². The molecule has 0 saturated carbocycles. The molecule has 0 fully saturated rings. The van der Waals surface area contributed by atoms with Gasteiger partial charge in [-0.25, -0.2) is 4.98 Å². The highest BCUT2D eigenvalue weighted by molar-refractivity contribution is 7.14. The molecule has 0 aliphatic heterocycles. The average Bonchev–Trinajstić information content (AvgIpc) is 2.96. The molecule has 0 unspecified atom stereocenters. The lowest BCUT2D eigenvalue weighted by Crippen LogP contribution is -2.15. The molecule has 0 atom stereocenters. The number of nitrogens with zero attached hydrogens (tertiary/aromatic N) is 1. The zero-order valence-electron chi connectivity index (χ0n) is 12.5. The fraction of sp³-hybridized carbons (Fsp3) is 0.375. The van der Waals surface area contributed by atoms with E-state index in [-0.39, 0.29) is 5.91 Å². The van der Waals surface area contributed by atoms with Crippen molar-refractivity contribution in [3.63, 3.8) is 0 Å². The number of carbonyl (C=O) groups is 1. The third-order valence-corrected chi connectivity index (χ3v) is 4.00. The smallest absolute Gasteiger partial charge is 0.226 e. The summed E-state index contributed by atoms with van der Waals surface area (Å²) in [6.07, 6.45) is 2.38. The maximum atomic E-state index is 11.7. The van der Waals surface area contributed by atoms with Gasteiger partial charge in [-0.15, -0.1) is 11.3 Å². The highest BCUT2D eigenvalue weighted by Gasteiger charge is 2.07. The van der Waals surface area contributed by atoms with Crippen molar-refractivity contribution in [2.75, 3.05) is 18.9 Å². The van der Waals surface area contributed by atoms with Gasteiger partial charge in [0.05, 0.1) is 5.69 Å². The number of aryl methyl sites for hydroxylation is 1. The van der Waals surface area contributed by atoms with Gasteiger partial charge in [0.2, 0.25) is 5.91 Å². The van der Waals surface area contributed by atoms with Crippen LogP contribution in [0, 0.1) is 0 Å². The molecule has 1 aromatic carbocycles. The molecule has 0 bridgehead atoms. The van der Waals surface area contributed by atoms with Crippen LogP contribution in [0.4, 0.5) is 5.13 Å². The number of hydrogen-bond donors (Lipinski definition) is 2. The standard InChI is InChI=1S/C16H21N3OS/c1-3-12-6-8-13(9-7-12)14-11-21-16(18-14)19-15(20)5-4-10-17-2/h6-9,11,17H,3-5,10H2,1-2H3,(H,18,19,20). The van der Waals surface area contributed by atoms with E-state index in [1.54, 1.807) is 0 Å². The second-order valence-electron chi connectivity index (χ2n) is 4.84. The van der Waals surface area contributed by atoms with Gasteiger partial charge in [-0.2, -0.15) is 0 Å². The van der Waals surface area contributed by atoms with Crippen molar-refractivity contribution in [1.82, 2.24) is 10.3 Å². The second kappa shape index (κ2) is 7.90. The van der Waals surface area contributed by atoms with Gasteiger partial charge in [0.1, 0.15) is 0 Å². The molecule has 1 amide bonds. The van der Waals surface area contributed by atoms with E-state index in [0.29, 0.717) is 11.6 Å². The molecule has 112 valence electrons. The van der Waals surface area contributed by atoms with Crippen LogP contribution in [-0.4, -0.2) is 24.5 Å². The van der Waals surface area contributed by atoms with Crippen molar-refractivity contribution in [1.29, 1.82) is 0 Å². The number of thiazole rings is 1. The monoisotopic (exact) mass is 303 g/mol. The van der Waals surface area contributed by atoms with Crippen LogP contribution < -0.4 is 10.6 Å². The molecule has 2 aromatic rings. The first-order valence-corrected chi connectivity index (χ1v) is 8.10. The van der Waals surface area contributed by atoms with Crippen molar-refractivity contribution < 1.29 is 4.79 Å². The fourth-order valence-corrected chi connectivity index (χ4v) is 2.72. The summed E-state index contributed by atoms with van der Waals surface area (Å²) in [6, 6.07) is 8.38. The number of rotatable bonds is 7. The van der Waals surface area contributed by atoms with Gasteiger partial charge < -0.3 is 10.6 Å². The molecule has 1 aromatic heterocycles. The molecule has 0 aliphatic rings. The van der Waals surface area contributed by atoms with Crippen LogP contribution in [0.25, 0.3) is 11.3 Å². The van der Waals surface area contributed by atoms with E-state index >= 15 is 0 Å². The predicted molar refractivity (Wildman–Crippen MR) is 88.7 cm³/mol. The molecule has 2 rings (SSSR count). The first-order chi connectivity index (χ1) is 10.2. The highest BCUT2D eigenvalue weighted by atomic mass is 32.1. The SMILES string of the molecule is CCc1ccc(-c2csc(NC(=O)CCCNC)n2)cc1. The van der Waals surface area contributed by atoms with Crippen molar-refractivity contribution in [2.45, 2.75) is 26.2 Å². The van der Waals surface area contributed by atoms with E-state index in [1.165, 1.54) is 16.9 Å². The fourth-order valence-electron chi connectivity index (χ4n) is 1.98. The largest absolute Gasteiger partial charge is 0.320 e. The van der Waals surface area contributed by atoms with Crippen molar-refractivity contribution >= 4 is 22.4 Å². The predicted octanol–water partition coefficient (Wildman–Crippen LogP) is 3.31. The molecular weight excluding hydrogens is 282 g/mol. The molecule has 0 aliphatic carbocycles. The van der Waals surface area contributed by atoms with Gasteiger partial charge in [0.15, 0.2) is 5.13 Å². The quantitative estimate of drug-likeness (QED) is 0.772. The van der Waals surface area contributed by atoms with E-state index in [1.807, 2.05) is 12.4 Å². The molecule has 21 heavy (non-hydrogen) atoms. The number of hydrogen-bond acceptors (Lipinski definition) is 4. The Hall–Kier alpha value is -1.72. The van der Waals surface area contributed by atoms with Crippen molar-refractivity contribution in [3.8, 4) is 11.3 Å². The summed E-state index contributed by atoms with van der Waals surface area (Å²) < 4.78 is 0. The minimum Gasteiger partial charge on any atom is -0.320 e. The van der Waals surface area contributed by atoms with Gasteiger partial charge in [-0.3, -0.25) is 4.79 Å². The summed E-state index contributed by atoms with van der Waals surface area (Å²) in [6.45, 7) is 2.99. The van der Waals surface area contributed by atoms with E-state index < -0.39 is 0 Å². The first-order valence-electron chi connectivity index (χ1n) is 7.22. The highest BCUT2D eigenvalue weighted by Crippen LogP contribution is 2.25. The zero-order valence-corrected chi connectivity index (χ0v) is 13.3. The Labute approximate surface area is 129 Å². The average molecular weight is 303 g/mol. The van der Waals surface area contributed by atoms with Gasteiger partial charge in [-0.1, -0.05) is 31.2 Å². The first kappa shape index (κ1) is 15.7. The van der Waals surface area contributed by atoms with Crippen LogP contribution in [0.3, 0.4) is 0 Å². The Morgan fingerprint density at radius 3 is 2.71 bits per heavy atom. The maximum Gasteiger partial charge on any atom is 0.226 e. The van der Waals surface area contributed by atoms with E-state index in [4.69, 9.17) is 0 Å². The van der Waals surface area contributed by atoms with Gasteiger partial charge in [0.25, 0.3) is 0 Å². The Morgan fingerprint density at radius 1 is 1.29 bits per heavy atom. The van der Waals surface area contributed by atoms with E-state index in [2.05, 4.69) is 46.8 Å². The number of amides is 1. The Bertz CT molecular complexity index is 577. The summed E-state index contributed by atoms with van der Waals surface area (Å²) in [4.78, 5) is 16.2. The van der Waals surface area contributed by atoms with Gasteiger partial charge in [0, 0.05) is 17.4 Å². The lowest BCUT2D eigenvalue weighted by molar-refractivity contribution is -0.116. The second-order valence-corrected chi connectivity index (χ2v) is 5.70. The maximum absolute atomic E-state index is 11.7. The summed E-state index contributed by atoms with van der Waals surface area (Å²) in [5, 5.41) is 8.53. The van der Waals surface area contributed by atoms with Crippen LogP contribution in [-0.2, 0) is 11.2 Å². The summed E-state index contributed by atoms with van der Waals surface area (Å²) in [5.74, 6) is 0.0208. The number of nitrogens with one attached hydrogen (secondary N) is 2. The number of benzene rings is 1. The third-order valence-electron chi connectivity index (χ3n) is 3.24. The number of aromatic nitrogens is 1. The van der Waals surface area contributed by atoms with Gasteiger partial charge >= 0.3 is 0 Å². The minimum absolute atomic E-state index is 0.0208. The topological polar surface area (TPSA) is 54.0 Å². The minimum atomic E-state index is 0.0208. The van der Waals surface area contributed by atoms with E-state index in [0.717, 1.165) is 30.6 Å². The summed E-state index contributed by atoms with van der Waals surface area (Å²) in [7, 11) is 1.88. The zero-order chi connectivity index (χ0) is 15.1. The van der Waals surface area contributed by atoms with Crippen LogP contribution in [0.1, 0.15) is 25.3 Å². The normalized spacial score (nSPS) is 10.6. The number of anilines is 1. The molecule has 0 saturated heterocycles. The Morgan fingerprint density at radius 2 is 2.05 bits per heavy atom. The summed E-state index contributed by atoms with van der Waals surface area (Å²) >= 11 is 1.46. The lowest BCUT2D eigenvalue weighted by atomic mass is 10.1. The molecule has 0 spiro atoms. The summed E-state index contributed by atoms with van der Waals surface area (Å²) in [5.41, 5.74) is 3.30. The van der Waals surface area contributed by atoms with Crippen LogP contribution in [0.15, 0.2) is 29.6 Å². The molecular formula is C16H21N3OS. The molecule has 2 N–H and O–H groups in total. The molecule has 0 radical (unpaired) electrons. The van der Waals surface area contributed by atoms with Crippen molar-refractivity contribution in [2.24, 2.45) is 0 Å². The number of carbonyl (C=O) groups excluding carboxylic acids is 1. The molecule has 5 heteroatoms. The molecule has 4 nitrogen and oxygen atoms in total. The van der Waals surface area contributed by atoms with Crippen molar-refractivity contribution in [3.05, 3.63) is 35.2 Å². The molecule has 1 heterocycles. The third kappa shape index (κ3) is 4.65. The Balaban J connectivity index is 1.95. The lowest BCUT2D eigenvalue weighted by Gasteiger charge is -2.01. The van der Waals surface area contributed by atoms with Crippen LogP contribution >= 0.6 is 11.3 Å². The van der Waals surface area contributed by atoms with Crippen LogP contribution in [0.2, 0.25) is 0 Å².